The number of nitrogens with one attached hydrogen (secondary N) is 1. The first-order valence-electron chi connectivity index (χ1n) is 8.93. The van der Waals surface area contributed by atoms with Crippen LogP contribution in [0.3, 0.4) is 0 Å². The number of methoxy groups -OCH3 is 1. The number of ether oxygens (including phenoxy) is 1. The van der Waals surface area contributed by atoms with E-state index in [0.717, 1.165) is 17.7 Å². The lowest BCUT2D eigenvalue weighted by Gasteiger charge is -2.09. The highest BCUT2D eigenvalue weighted by Gasteiger charge is 2.24. The van der Waals surface area contributed by atoms with E-state index in [1.165, 1.54) is 24.4 Å². The molecule has 2 aromatic carbocycles. The molecule has 0 unspecified atom stereocenters. The molecule has 3 rings (SSSR count). The third-order valence-electron chi connectivity index (χ3n) is 4.28. The summed E-state index contributed by atoms with van der Waals surface area (Å²) in [5.41, 5.74) is 3.48. The maximum atomic E-state index is 12.3. The van der Waals surface area contributed by atoms with Gasteiger partial charge < -0.3 is 15.2 Å². The monoisotopic (exact) mass is 394 g/mol. The lowest BCUT2D eigenvalue weighted by atomic mass is 10.1. The summed E-state index contributed by atoms with van der Waals surface area (Å²) in [5.74, 6) is 0.247. The lowest BCUT2D eigenvalue weighted by Crippen LogP contribution is -2.19. The minimum atomic E-state index is -0.203. The number of aryl methyl sites for hydroxylation is 1. The van der Waals surface area contributed by atoms with Gasteiger partial charge in [0.05, 0.1) is 17.7 Å². The van der Waals surface area contributed by atoms with Crippen molar-refractivity contribution >= 4 is 34.6 Å². The third kappa shape index (κ3) is 4.46. The van der Waals surface area contributed by atoms with Crippen LogP contribution in [-0.2, 0) is 17.6 Å². The number of carbonyl (C=O) groups is 1. The number of allylic oxidation sites excluding steroid dienone is 1. The second-order valence-electron chi connectivity index (χ2n) is 6.23. The molecule has 1 fully saturated rings. The Morgan fingerprint density at radius 3 is 2.68 bits per heavy atom. The van der Waals surface area contributed by atoms with E-state index >= 15 is 0 Å². The molecular weight excluding hydrogens is 372 g/mol. The summed E-state index contributed by atoms with van der Waals surface area (Å²) in [4.78, 5) is 17.4. The normalized spacial score (nSPS) is 16.4. The Kier molecular flexibility index (Phi) is 6.21. The molecule has 6 heteroatoms. The van der Waals surface area contributed by atoms with Gasteiger partial charge in [-0.3, -0.25) is 4.79 Å². The van der Waals surface area contributed by atoms with E-state index in [4.69, 9.17) is 4.74 Å². The van der Waals surface area contributed by atoms with Crippen molar-refractivity contribution in [1.82, 2.24) is 5.32 Å². The Labute approximate surface area is 168 Å². The minimum absolute atomic E-state index is 0.0888. The maximum absolute atomic E-state index is 12.3. The number of phenolic OH excluding ortho intramolecular Hbond substituents is 1. The van der Waals surface area contributed by atoms with E-state index in [1.54, 1.807) is 18.2 Å². The Bertz CT molecular complexity index is 962. The van der Waals surface area contributed by atoms with E-state index in [1.807, 2.05) is 30.3 Å². The summed E-state index contributed by atoms with van der Waals surface area (Å²) in [7, 11) is 1.50. The number of benzene rings is 2. The van der Waals surface area contributed by atoms with Gasteiger partial charge in [-0.05, 0) is 66.1 Å². The fraction of sp³-hybridized carbons (Fsp3) is 0.182. The van der Waals surface area contributed by atoms with Gasteiger partial charge in [-0.1, -0.05) is 25.1 Å². The number of aromatic hydroxyl groups is 1. The molecule has 1 amide bonds. The summed E-state index contributed by atoms with van der Waals surface area (Å²) in [5, 5.41) is 13.5. The predicted octanol–water partition coefficient (Wildman–Crippen LogP) is 4.58. The molecule has 0 radical (unpaired) electrons. The topological polar surface area (TPSA) is 70.9 Å². The summed E-state index contributed by atoms with van der Waals surface area (Å²) in [6, 6.07) is 11.4. The molecule has 0 saturated carbocycles. The zero-order valence-electron chi connectivity index (χ0n) is 15.9. The molecule has 28 heavy (non-hydrogen) atoms. The molecule has 2 N–H and O–H groups in total. The average Bonchev–Trinajstić information content (AvgIpc) is 3.03. The van der Waals surface area contributed by atoms with Crippen molar-refractivity contribution in [1.29, 1.82) is 0 Å². The molecule has 5 nitrogen and oxygen atoms in total. The van der Waals surface area contributed by atoms with Crippen LogP contribution in [0.2, 0.25) is 0 Å². The van der Waals surface area contributed by atoms with Crippen LogP contribution in [-0.4, -0.2) is 23.3 Å². The van der Waals surface area contributed by atoms with Gasteiger partial charge in [0.25, 0.3) is 5.91 Å². The van der Waals surface area contributed by atoms with Crippen LogP contribution in [0.1, 0.15) is 23.6 Å². The fourth-order valence-electron chi connectivity index (χ4n) is 2.79. The standard InChI is InChI=1S/C22H22N2O3S/c1-4-6-16-11-15(12-18(27-3)20(16)25)13-19-21(26)24-22(28-19)23-17-9-7-14(5-2)8-10-17/h4,7-13,25H,1,5-6H2,2-3H3,(H,23,24,26)/b19-13-. The molecule has 0 atom stereocenters. The van der Waals surface area contributed by atoms with Gasteiger partial charge in [0.2, 0.25) is 0 Å². The van der Waals surface area contributed by atoms with Crippen LogP contribution in [0.15, 0.2) is 59.0 Å². The molecule has 0 bridgehead atoms. The van der Waals surface area contributed by atoms with Gasteiger partial charge in [-0.15, -0.1) is 6.58 Å². The van der Waals surface area contributed by atoms with E-state index in [0.29, 0.717) is 27.8 Å². The van der Waals surface area contributed by atoms with E-state index < -0.39 is 0 Å². The van der Waals surface area contributed by atoms with Crippen molar-refractivity contribution < 1.29 is 14.6 Å². The first kappa shape index (κ1) is 19.8. The molecule has 2 aromatic rings. The number of hydrogen-bond donors (Lipinski definition) is 2. The number of phenols is 1. The summed E-state index contributed by atoms with van der Waals surface area (Å²) in [6.45, 7) is 5.81. The first-order chi connectivity index (χ1) is 13.5. The highest BCUT2D eigenvalue weighted by Crippen LogP contribution is 2.34. The molecule has 0 spiro atoms. The van der Waals surface area contributed by atoms with E-state index in [2.05, 4.69) is 23.8 Å². The van der Waals surface area contributed by atoms with Gasteiger partial charge in [0, 0.05) is 5.56 Å². The third-order valence-corrected chi connectivity index (χ3v) is 5.19. The second kappa shape index (κ2) is 8.80. The van der Waals surface area contributed by atoms with Gasteiger partial charge in [-0.2, -0.15) is 0 Å². The molecule has 1 heterocycles. The van der Waals surface area contributed by atoms with Gasteiger partial charge in [0.1, 0.15) is 0 Å². The zero-order chi connectivity index (χ0) is 20.1. The number of rotatable bonds is 6. The number of amidine groups is 1. The average molecular weight is 394 g/mol. The van der Waals surface area contributed by atoms with E-state index in [9.17, 15) is 9.90 Å². The van der Waals surface area contributed by atoms with Crippen LogP contribution >= 0.6 is 11.8 Å². The molecular formula is C22H22N2O3S. The van der Waals surface area contributed by atoms with Crippen LogP contribution in [0, 0.1) is 0 Å². The van der Waals surface area contributed by atoms with Crippen molar-refractivity contribution in [3.05, 3.63) is 70.6 Å². The largest absolute Gasteiger partial charge is 0.504 e. The van der Waals surface area contributed by atoms with Crippen molar-refractivity contribution in [2.24, 2.45) is 4.99 Å². The first-order valence-corrected chi connectivity index (χ1v) is 9.75. The lowest BCUT2D eigenvalue weighted by molar-refractivity contribution is -0.115. The smallest absolute Gasteiger partial charge is 0.264 e. The molecule has 1 aliphatic heterocycles. The summed E-state index contributed by atoms with van der Waals surface area (Å²) >= 11 is 1.28. The highest BCUT2D eigenvalue weighted by molar-refractivity contribution is 8.18. The minimum Gasteiger partial charge on any atom is -0.504 e. The molecule has 144 valence electrons. The predicted molar refractivity (Wildman–Crippen MR) is 115 cm³/mol. The van der Waals surface area contributed by atoms with Crippen molar-refractivity contribution in [3.63, 3.8) is 0 Å². The van der Waals surface area contributed by atoms with Crippen LogP contribution < -0.4 is 10.1 Å². The molecule has 1 saturated heterocycles. The van der Waals surface area contributed by atoms with Crippen LogP contribution in [0.5, 0.6) is 11.5 Å². The number of hydrogen-bond acceptors (Lipinski definition) is 5. The van der Waals surface area contributed by atoms with Gasteiger partial charge in [0.15, 0.2) is 16.7 Å². The SMILES string of the molecule is C=CCc1cc(/C=C2\SC(=Nc3ccc(CC)cc3)NC2=O)cc(OC)c1O. The van der Waals surface area contributed by atoms with Crippen molar-refractivity contribution in [2.75, 3.05) is 7.11 Å². The fourth-order valence-corrected chi connectivity index (χ4v) is 3.64. The Balaban J connectivity index is 1.86. The van der Waals surface area contributed by atoms with E-state index in [-0.39, 0.29) is 11.7 Å². The number of nitrogens with zero attached hydrogens (tertiary/aromatic N) is 1. The van der Waals surface area contributed by atoms with Crippen LogP contribution in [0.4, 0.5) is 5.69 Å². The highest BCUT2D eigenvalue weighted by atomic mass is 32.2. The van der Waals surface area contributed by atoms with Gasteiger partial charge >= 0.3 is 0 Å². The number of amides is 1. The molecule has 0 aromatic heterocycles. The number of carbonyl (C=O) groups excluding carboxylic acids is 1. The second-order valence-corrected chi connectivity index (χ2v) is 7.26. The Morgan fingerprint density at radius 1 is 1.29 bits per heavy atom. The Hall–Kier alpha value is -2.99. The van der Waals surface area contributed by atoms with Crippen molar-refractivity contribution in [2.45, 2.75) is 19.8 Å². The maximum Gasteiger partial charge on any atom is 0.264 e. The molecule has 1 aliphatic rings. The van der Waals surface area contributed by atoms with Gasteiger partial charge in [-0.25, -0.2) is 4.99 Å². The zero-order valence-corrected chi connectivity index (χ0v) is 16.7. The summed E-state index contributed by atoms with van der Waals surface area (Å²) < 4.78 is 5.24. The van der Waals surface area contributed by atoms with Crippen LogP contribution in [0.25, 0.3) is 6.08 Å². The quantitative estimate of drug-likeness (QED) is 0.556. The number of aliphatic imine (C=N–C) groups is 1. The Morgan fingerprint density at radius 2 is 2.04 bits per heavy atom. The molecule has 0 aliphatic carbocycles. The summed E-state index contributed by atoms with van der Waals surface area (Å²) in [6.07, 6.45) is 4.94. The van der Waals surface area contributed by atoms with Crippen molar-refractivity contribution in [3.8, 4) is 11.5 Å². The number of thioether (sulfide) groups is 1.